The van der Waals surface area contributed by atoms with Crippen molar-refractivity contribution < 1.29 is 9.32 Å². The smallest absolute Gasteiger partial charge is 0.321 e. The summed E-state index contributed by atoms with van der Waals surface area (Å²) in [5.41, 5.74) is 1.61. The SMILES string of the molecule is CC(C)N1CCN(c2cccc(C#N)c2NC(=O)N2CC[C@@](C)(c3ncon3)C2)CC1. The summed E-state index contributed by atoms with van der Waals surface area (Å²) < 4.78 is 4.89. The molecule has 2 amide bonds. The molecule has 1 atom stereocenters. The molecule has 2 fully saturated rings. The van der Waals surface area contributed by atoms with Crippen LogP contribution in [0.3, 0.4) is 0 Å². The van der Waals surface area contributed by atoms with Crippen LogP contribution in [-0.2, 0) is 5.41 Å². The van der Waals surface area contributed by atoms with Crippen LogP contribution in [0.5, 0.6) is 0 Å². The van der Waals surface area contributed by atoms with Crippen molar-refractivity contribution in [2.75, 3.05) is 49.5 Å². The molecule has 31 heavy (non-hydrogen) atoms. The molecule has 0 unspecified atom stereocenters. The number of hydrogen-bond donors (Lipinski definition) is 1. The highest BCUT2D eigenvalue weighted by atomic mass is 16.5. The minimum Gasteiger partial charge on any atom is -0.367 e. The number of carbonyl (C=O) groups excluding carboxylic acids is 1. The number of nitrogens with zero attached hydrogens (tertiary/aromatic N) is 6. The van der Waals surface area contributed by atoms with Gasteiger partial charge < -0.3 is 19.6 Å². The molecule has 3 heterocycles. The third kappa shape index (κ3) is 4.21. The molecule has 1 N–H and O–H groups in total. The van der Waals surface area contributed by atoms with Gasteiger partial charge in [-0.1, -0.05) is 18.1 Å². The molecule has 2 saturated heterocycles. The standard InChI is InChI=1S/C22H29N7O2/c1-16(2)27-9-11-28(12-10-27)18-6-4-5-17(13-23)19(18)25-21(30)29-8-7-22(3,14-29)20-24-15-31-26-20/h4-6,15-16H,7-12,14H2,1-3H3,(H,25,30)/t22-/m1/s1. The molecule has 0 bridgehead atoms. The van der Waals surface area contributed by atoms with Gasteiger partial charge in [-0.2, -0.15) is 10.2 Å². The normalized spacial score (nSPS) is 22.0. The lowest BCUT2D eigenvalue weighted by Gasteiger charge is -2.39. The molecule has 0 spiro atoms. The molecule has 164 valence electrons. The Kier molecular flexibility index (Phi) is 5.83. The summed E-state index contributed by atoms with van der Waals surface area (Å²) in [6.07, 6.45) is 2.07. The van der Waals surface area contributed by atoms with Crippen LogP contribution < -0.4 is 10.2 Å². The van der Waals surface area contributed by atoms with Crippen LogP contribution in [0, 0.1) is 11.3 Å². The molecule has 9 nitrogen and oxygen atoms in total. The summed E-state index contributed by atoms with van der Waals surface area (Å²) in [6, 6.07) is 8.14. The number of nitriles is 1. The predicted molar refractivity (Wildman–Crippen MR) is 117 cm³/mol. The fourth-order valence-corrected chi connectivity index (χ4v) is 4.45. The van der Waals surface area contributed by atoms with Gasteiger partial charge in [0.15, 0.2) is 5.82 Å². The number of nitrogens with one attached hydrogen (secondary N) is 1. The van der Waals surface area contributed by atoms with E-state index in [0.717, 1.165) is 38.3 Å². The predicted octanol–water partition coefficient (Wildman–Crippen LogP) is 2.67. The molecule has 0 saturated carbocycles. The summed E-state index contributed by atoms with van der Waals surface area (Å²) >= 11 is 0. The van der Waals surface area contributed by atoms with Crippen molar-refractivity contribution in [3.63, 3.8) is 0 Å². The van der Waals surface area contributed by atoms with E-state index in [1.165, 1.54) is 6.39 Å². The van der Waals surface area contributed by atoms with Crippen LogP contribution in [0.15, 0.2) is 29.1 Å². The van der Waals surface area contributed by atoms with Gasteiger partial charge in [-0.3, -0.25) is 4.90 Å². The Morgan fingerprint density at radius 1 is 1.26 bits per heavy atom. The molecule has 1 aromatic carbocycles. The van der Waals surface area contributed by atoms with E-state index in [-0.39, 0.29) is 11.4 Å². The summed E-state index contributed by atoms with van der Waals surface area (Å²) in [7, 11) is 0. The van der Waals surface area contributed by atoms with E-state index >= 15 is 0 Å². The zero-order valence-electron chi connectivity index (χ0n) is 18.3. The number of carbonyl (C=O) groups is 1. The van der Waals surface area contributed by atoms with Crippen molar-refractivity contribution in [2.24, 2.45) is 0 Å². The fourth-order valence-electron chi connectivity index (χ4n) is 4.45. The van der Waals surface area contributed by atoms with E-state index in [4.69, 9.17) is 4.52 Å². The van der Waals surface area contributed by atoms with Crippen LogP contribution >= 0.6 is 0 Å². The van der Waals surface area contributed by atoms with Crippen molar-refractivity contribution in [2.45, 2.75) is 38.6 Å². The summed E-state index contributed by atoms with van der Waals surface area (Å²) in [5.74, 6) is 0.615. The van der Waals surface area contributed by atoms with Gasteiger partial charge >= 0.3 is 6.03 Å². The molecule has 9 heteroatoms. The minimum atomic E-state index is -0.338. The molecule has 2 aliphatic rings. The molecule has 4 rings (SSSR count). The maximum Gasteiger partial charge on any atom is 0.321 e. The number of urea groups is 1. The number of para-hydroxylation sites is 1. The van der Waals surface area contributed by atoms with Gasteiger partial charge in [0.1, 0.15) is 6.07 Å². The summed E-state index contributed by atoms with van der Waals surface area (Å²) in [6.45, 7) is 11.2. The Morgan fingerprint density at radius 2 is 2.03 bits per heavy atom. The number of piperazine rings is 1. The molecular formula is C22H29N7O2. The van der Waals surface area contributed by atoms with Gasteiger partial charge in [0, 0.05) is 45.3 Å². The second kappa shape index (κ2) is 8.55. The maximum atomic E-state index is 13.1. The van der Waals surface area contributed by atoms with Crippen molar-refractivity contribution in [1.29, 1.82) is 5.26 Å². The second-order valence-corrected chi connectivity index (χ2v) is 8.85. The van der Waals surface area contributed by atoms with Crippen LogP contribution in [0.4, 0.5) is 16.2 Å². The van der Waals surface area contributed by atoms with E-state index in [9.17, 15) is 10.1 Å². The van der Waals surface area contributed by atoms with Crippen molar-refractivity contribution in [1.82, 2.24) is 19.9 Å². The largest absolute Gasteiger partial charge is 0.367 e. The van der Waals surface area contributed by atoms with Crippen LogP contribution in [0.1, 0.15) is 38.6 Å². The Morgan fingerprint density at radius 3 is 2.68 bits per heavy atom. The van der Waals surface area contributed by atoms with Crippen molar-refractivity contribution >= 4 is 17.4 Å². The van der Waals surface area contributed by atoms with E-state index in [2.05, 4.69) is 45.2 Å². The number of anilines is 2. The lowest BCUT2D eigenvalue weighted by Crippen LogP contribution is -2.49. The minimum absolute atomic E-state index is 0.211. The quantitative estimate of drug-likeness (QED) is 0.807. The first-order chi connectivity index (χ1) is 14.9. The Labute approximate surface area is 182 Å². The average Bonchev–Trinajstić information content (AvgIpc) is 3.45. The van der Waals surface area contributed by atoms with Gasteiger partial charge in [0.25, 0.3) is 0 Å². The second-order valence-electron chi connectivity index (χ2n) is 8.85. The van der Waals surface area contributed by atoms with Gasteiger partial charge in [-0.05, 0) is 32.4 Å². The molecule has 1 aromatic heterocycles. The number of rotatable bonds is 4. The molecular weight excluding hydrogens is 394 g/mol. The monoisotopic (exact) mass is 423 g/mol. The highest BCUT2D eigenvalue weighted by molar-refractivity contribution is 5.95. The van der Waals surface area contributed by atoms with Gasteiger partial charge in [-0.25, -0.2) is 4.79 Å². The fraction of sp³-hybridized carbons (Fsp3) is 0.545. The Bertz CT molecular complexity index is 961. The highest BCUT2D eigenvalue weighted by Crippen LogP contribution is 2.34. The zero-order chi connectivity index (χ0) is 22.0. The van der Waals surface area contributed by atoms with Gasteiger partial charge in [0.2, 0.25) is 6.39 Å². The molecule has 2 aromatic rings. The van der Waals surface area contributed by atoms with Crippen LogP contribution in [-0.4, -0.2) is 71.3 Å². The van der Waals surface area contributed by atoms with E-state index in [1.54, 1.807) is 11.0 Å². The first-order valence-electron chi connectivity index (χ1n) is 10.8. The van der Waals surface area contributed by atoms with Crippen molar-refractivity contribution in [3.05, 3.63) is 36.0 Å². The van der Waals surface area contributed by atoms with Gasteiger partial charge in [-0.15, -0.1) is 0 Å². The first-order valence-corrected chi connectivity index (χ1v) is 10.8. The number of benzene rings is 1. The van der Waals surface area contributed by atoms with E-state index in [0.29, 0.717) is 36.2 Å². The zero-order valence-corrected chi connectivity index (χ0v) is 18.3. The maximum absolute atomic E-state index is 13.1. The number of hydrogen-bond acceptors (Lipinski definition) is 7. The highest BCUT2D eigenvalue weighted by Gasteiger charge is 2.41. The summed E-state index contributed by atoms with van der Waals surface area (Å²) in [5, 5.41) is 16.7. The Balaban J connectivity index is 1.51. The molecule has 0 aliphatic carbocycles. The number of likely N-dealkylation sites (tertiary alicyclic amines) is 1. The van der Waals surface area contributed by atoms with E-state index in [1.807, 2.05) is 19.1 Å². The average molecular weight is 424 g/mol. The van der Waals surface area contributed by atoms with Crippen LogP contribution in [0.25, 0.3) is 0 Å². The first kappa shape index (κ1) is 21.1. The summed E-state index contributed by atoms with van der Waals surface area (Å²) in [4.78, 5) is 23.8. The van der Waals surface area contributed by atoms with Crippen molar-refractivity contribution in [3.8, 4) is 6.07 Å². The topological polar surface area (TPSA) is 102 Å². The third-order valence-electron chi connectivity index (χ3n) is 6.44. The number of aromatic nitrogens is 2. The molecule has 0 radical (unpaired) electrons. The lowest BCUT2D eigenvalue weighted by atomic mass is 9.89. The van der Waals surface area contributed by atoms with Crippen LogP contribution in [0.2, 0.25) is 0 Å². The Hall–Kier alpha value is -3.12. The third-order valence-corrected chi connectivity index (χ3v) is 6.44. The number of amides is 2. The molecule has 2 aliphatic heterocycles. The van der Waals surface area contributed by atoms with Gasteiger partial charge in [0.05, 0.1) is 22.4 Å². The van der Waals surface area contributed by atoms with E-state index < -0.39 is 0 Å². The lowest BCUT2D eigenvalue weighted by molar-refractivity contribution is 0.209.